The Balaban J connectivity index is 1.61. The van der Waals surface area contributed by atoms with Gasteiger partial charge < -0.3 is 4.90 Å². The highest BCUT2D eigenvalue weighted by atomic mass is 79.9. The van der Waals surface area contributed by atoms with Crippen molar-refractivity contribution in [2.45, 2.75) is 17.8 Å². The lowest BCUT2D eigenvalue weighted by Crippen LogP contribution is -2.39. The minimum absolute atomic E-state index is 0.122. The molecule has 26 heavy (non-hydrogen) atoms. The summed E-state index contributed by atoms with van der Waals surface area (Å²) in [6.45, 7) is 0. The highest BCUT2D eigenvalue weighted by molar-refractivity contribution is 9.10. The van der Waals surface area contributed by atoms with E-state index in [0.29, 0.717) is 5.02 Å². The molecule has 0 radical (unpaired) electrons. The largest absolute Gasteiger partial charge is 0.315 e. The van der Waals surface area contributed by atoms with Crippen LogP contribution in [-0.4, -0.2) is 37.2 Å². The van der Waals surface area contributed by atoms with Crippen molar-refractivity contribution in [2.24, 2.45) is 4.99 Å². The summed E-state index contributed by atoms with van der Waals surface area (Å²) in [5, 5.41) is 1.49. The molecule has 4 rings (SSSR count). The van der Waals surface area contributed by atoms with E-state index in [1.54, 1.807) is 11.8 Å². The molecule has 2 aromatic rings. The first-order chi connectivity index (χ1) is 12.4. The summed E-state index contributed by atoms with van der Waals surface area (Å²) < 4.78 is 25.2. The van der Waals surface area contributed by atoms with Gasteiger partial charge in [0.25, 0.3) is 0 Å². The summed E-state index contributed by atoms with van der Waals surface area (Å²) in [5.41, 5.74) is 2.08. The van der Waals surface area contributed by atoms with Gasteiger partial charge in [0.1, 0.15) is 0 Å². The molecule has 0 aromatic heterocycles. The van der Waals surface area contributed by atoms with Crippen molar-refractivity contribution in [2.75, 3.05) is 16.4 Å². The standard InChI is InChI=1S/C18H16BrClN2O2S2/c19-13-6-4-12(5-7-13)9-25-18-21-16-10-26(23,24)11-17(16)22(18)15-3-1-2-14(20)8-15/h1-8,16-17H,9-11H2. The zero-order chi connectivity index (χ0) is 18.3. The lowest BCUT2D eigenvalue weighted by molar-refractivity contribution is 0.601. The average Bonchev–Trinajstić information content (AvgIpc) is 3.05. The van der Waals surface area contributed by atoms with Crippen LogP contribution in [0.1, 0.15) is 5.56 Å². The van der Waals surface area contributed by atoms with Crippen LogP contribution in [0.15, 0.2) is 58.0 Å². The Labute approximate surface area is 170 Å². The van der Waals surface area contributed by atoms with Gasteiger partial charge >= 0.3 is 0 Å². The van der Waals surface area contributed by atoms with Crippen molar-refractivity contribution < 1.29 is 8.42 Å². The molecule has 2 unspecified atom stereocenters. The van der Waals surface area contributed by atoms with Crippen molar-refractivity contribution in [3.8, 4) is 0 Å². The summed E-state index contributed by atoms with van der Waals surface area (Å²) in [6.07, 6.45) is 0. The molecule has 2 atom stereocenters. The molecule has 0 amide bonds. The Morgan fingerprint density at radius 2 is 1.96 bits per heavy atom. The first-order valence-corrected chi connectivity index (χ1v) is 12.1. The van der Waals surface area contributed by atoms with Gasteiger partial charge in [-0.25, -0.2) is 8.42 Å². The minimum Gasteiger partial charge on any atom is -0.315 e. The number of aliphatic imine (C=N–C) groups is 1. The van der Waals surface area contributed by atoms with Gasteiger partial charge in [0.05, 0.1) is 23.6 Å². The first-order valence-electron chi connectivity index (χ1n) is 8.11. The fourth-order valence-electron chi connectivity index (χ4n) is 3.29. The van der Waals surface area contributed by atoms with Crippen LogP contribution in [0.5, 0.6) is 0 Å². The molecule has 4 nitrogen and oxygen atoms in total. The molecular formula is C18H16BrClN2O2S2. The number of halogens is 2. The molecule has 0 spiro atoms. The fourth-order valence-corrected chi connectivity index (χ4v) is 6.66. The van der Waals surface area contributed by atoms with Crippen LogP contribution in [0.25, 0.3) is 0 Å². The maximum Gasteiger partial charge on any atom is 0.164 e. The van der Waals surface area contributed by atoms with Crippen molar-refractivity contribution >= 4 is 60.0 Å². The summed E-state index contributed by atoms with van der Waals surface area (Å²) >= 11 is 11.2. The third kappa shape index (κ3) is 3.81. The van der Waals surface area contributed by atoms with Crippen molar-refractivity contribution in [1.82, 2.24) is 0 Å². The Kier molecular flexibility index (Phi) is 5.07. The molecule has 2 aliphatic heterocycles. The van der Waals surface area contributed by atoms with Crippen LogP contribution in [0.4, 0.5) is 5.69 Å². The fraction of sp³-hybridized carbons (Fsp3) is 0.278. The zero-order valence-electron chi connectivity index (χ0n) is 13.7. The van der Waals surface area contributed by atoms with E-state index < -0.39 is 9.84 Å². The van der Waals surface area contributed by atoms with Gasteiger partial charge in [-0.2, -0.15) is 0 Å². The predicted molar refractivity (Wildman–Crippen MR) is 113 cm³/mol. The molecule has 8 heteroatoms. The number of benzene rings is 2. The molecular weight excluding hydrogens is 456 g/mol. The van der Waals surface area contributed by atoms with Gasteiger partial charge in [-0.3, -0.25) is 4.99 Å². The molecule has 2 heterocycles. The third-order valence-electron chi connectivity index (χ3n) is 4.48. The minimum atomic E-state index is -3.05. The number of hydrogen-bond acceptors (Lipinski definition) is 5. The summed E-state index contributed by atoms with van der Waals surface area (Å²) in [4.78, 5) is 6.79. The van der Waals surface area contributed by atoms with E-state index >= 15 is 0 Å². The lowest BCUT2D eigenvalue weighted by Gasteiger charge is -2.26. The summed E-state index contributed by atoms with van der Waals surface area (Å²) in [7, 11) is -3.05. The number of anilines is 1. The molecule has 0 N–H and O–H groups in total. The summed E-state index contributed by atoms with van der Waals surface area (Å²) in [6, 6.07) is 15.3. The SMILES string of the molecule is O=S1(=O)CC2N=C(SCc3ccc(Br)cc3)N(c3cccc(Cl)c3)C2C1. The summed E-state index contributed by atoms with van der Waals surface area (Å²) in [5.74, 6) is 1.03. The molecule has 2 aliphatic rings. The number of sulfone groups is 1. The second kappa shape index (κ2) is 7.19. The van der Waals surface area contributed by atoms with Gasteiger partial charge in [0.2, 0.25) is 0 Å². The number of fused-ring (bicyclic) bond motifs is 1. The molecule has 1 fully saturated rings. The predicted octanol–water partition coefficient (Wildman–Crippen LogP) is 4.38. The van der Waals surface area contributed by atoms with E-state index in [2.05, 4.69) is 28.1 Å². The molecule has 0 bridgehead atoms. The Morgan fingerprint density at radius 1 is 1.19 bits per heavy atom. The Bertz CT molecular complexity index is 963. The topological polar surface area (TPSA) is 49.7 Å². The molecule has 0 aliphatic carbocycles. The van der Waals surface area contributed by atoms with Crippen molar-refractivity contribution in [1.29, 1.82) is 0 Å². The highest BCUT2D eigenvalue weighted by Crippen LogP contribution is 2.36. The first kappa shape index (κ1) is 18.3. The van der Waals surface area contributed by atoms with Crippen LogP contribution in [-0.2, 0) is 15.6 Å². The van der Waals surface area contributed by atoms with E-state index in [0.717, 1.165) is 21.1 Å². The number of hydrogen-bond donors (Lipinski definition) is 0. The van der Waals surface area contributed by atoms with Crippen LogP contribution >= 0.6 is 39.3 Å². The normalized spacial score (nSPS) is 23.8. The van der Waals surface area contributed by atoms with Gasteiger partial charge in [0.15, 0.2) is 15.0 Å². The number of rotatable bonds is 3. The van der Waals surface area contributed by atoms with E-state index in [9.17, 15) is 8.42 Å². The number of amidine groups is 1. The van der Waals surface area contributed by atoms with Crippen LogP contribution in [0, 0.1) is 0 Å². The van der Waals surface area contributed by atoms with E-state index in [1.807, 2.05) is 41.3 Å². The molecule has 1 saturated heterocycles. The van der Waals surface area contributed by atoms with Crippen LogP contribution < -0.4 is 4.90 Å². The highest BCUT2D eigenvalue weighted by Gasteiger charge is 2.47. The molecule has 2 aromatic carbocycles. The zero-order valence-corrected chi connectivity index (χ0v) is 17.7. The molecule has 0 saturated carbocycles. The number of nitrogens with zero attached hydrogens (tertiary/aromatic N) is 2. The Morgan fingerprint density at radius 3 is 2.69 bits per heavy atom. The second-order valence-corrected chi connectivity index (χ2v) is 10.8. The van der Waals surface area contributed by atoms with Crippen molar-refractivity contribution in [3.05, 3.63) is 63.6 Å². The van der Waals surface area contributed by atoms with Gasteiger partial charge in [-0.05, 0) is 35.9 Å². The number of thioether (sulfide) groups is 1. The second-order valence-electron chi connectivity index (χ2n) is 6.39. The maximum absolute atomic E-state index is 12.1. The van der Waals surface area contributed by atoms with Crippen LogP contribution in [0.3, 0.4) is 0 Å². The van der Waals surface area contributed by atoms with Gasteiger partial charge in [-0.15, -0.1) is 0 Å². The van der Waals surface area contributed by atoms with E-state index in [1.165, 1.54) is 5.56 Å². The molecule has 136 valence electrons. The smallest absolute Gasteiger partial charge is 0.164 e. The third-order valence-corrected chi connectivity index (χ3v) is 7.98. The average molecular weight is 472 g/mol. The van der Waals surface area contributed by atoms with E-state index in [-0.39, 0.29) is 23.6 Å². The van der Waals surface area contributed by atoms with Crippen molar-refractivity contribution in [3.63, 3.8) is 0 Å². The quantitative estimate of drug-likeness (QED) is 0.667. The van der Waals surface area contributed by atoms with Crippen LogP contribution in [0.2, 0.25) is 5.02 Å². The van der Waals surface area contributed by atoms with Gasteiger partial charge in [-0.1, -0.05) is 57.5 Å². The van der Waals surface area contributed by atoms with Gasteiger partial charge in [0, 0.05) is 20.9 Å². The maximum atomic E-state index is 12.1. The lowest BCUT2D eigenvalue weighted by atomic mass is 10.1. The Hall–Kier alpha value is -1.02. The monoisotopic (exact) mass is 470 g/mol. The van der Waals surface area contributed by atoms with E-state index in [4.69, 9.17) is 16.6 Å².